The Hall–Kier alpha value is -1.84. The molecule has 1 heterocycles. The lowest BCUT2D eigenvalue weighted by molar-refractivity contribution is -0.268. The summed E-state index contributed by atoms with van der Waals surface area (Å²) < 4.78 is 0. The van der Waals surface area contributed by atoms with E-state index in [0.29, 0.717) is 0 Å². The molecule has 4 heteroatoms. The first-order valence-electron chi connectivity index (χ1n) is 3.41. The van der Waals surface area contributed by atoms with Crippen LogP contribution in [0.2, 0.25) is 0 Å². The fraction of sp³-hybridized carbons (Fsp3) is 0. The minimum absolute atomic E-state index is 0.0718. The predicted octanol–water partition coefficient (Wildman–Crippen LogP) is 0.565. The molecule has 0 aliphatic carbocycles. The zero-order chi connectivity index (χ0) is 8.65. The van der Waals surface area contributed by atoms with Gasteiger partial charge in [-0.05, 0) is 0 Å². The third-order valence-electron chi connectivity index (χ3n) is 1.07. The lowest BCUT2D eigenvalue weighted by atomic mass is 10.3. The Balaban J connectivity index is 0.000000127. The van der Waals surface area contributed by atoms with Gasteiger partial charge in [-0.15, -0.1) is 5.75 Å². The number of H-pyrrole nitrogens is 1. The Morgan fingerprint density at radius 2 is 1.58 bits per heavy atom. The molecule has 62 valence electrons. The normalized spacial score (nSPS) is 8.33. The fourth-order valence-corrected chi connectivity index (χ4v) is 0.587. The molecule has 0 bridgehead atoms. The lowest BCUT2D eigenvalue weighted by Crippen LogP contribution is -1.85. The average molecular weight is 162 g/mol. The third-order valence-corrected chi connectivity index (χ3v) is 1.07. The quantitative estimate of drug-likeness (QED) is 0.615. The van der Waals surface area contributed by atoms with E-state index in [9.17, 15) is 5.11 Å². The summed E-state index contributed by atoms with van der Waals surface area (Å²) in [7, 11) is 0. The van der Waals surface area contributed by atoms with Crippen LogP contribution in [0.3, 0.4) is 0 Å². The highest BCUT2D eigenvalue weighted by Crippen LogP contribution is 1.98. The molecule has 0 radical (unpaired) electrons. The van der Waals surface area contributed by atoms with Crippen LogP contribution in [0, 0.1) is 0 Å². The Bertz CT molecular complexity index is 263. The molecule has 1 aromatic heterocycles. The number of nitrogens with one attached hydrogen (secondary N) is 1. The number of hydrogen-bond acceptors (Lipinski definition) is 3. The molecule has 1 N–H and O–H groups in total. The monoisotopic (exact) mass is 162 g/mol. The van der Waals surface area contributed by atoms with Gasteiger partial charge in [-0.25, -0.2) is 0 Å². The lowest BCUT2D eigenvalue weighted by Gasteiger charge is -1.98. The number of rotatable bonds is 0. The summed E-state index contributed by atoms with van der Waals surface area (Å²) in [6.45, 7) is 0. The minimum Gasteiger partial charge on any atom is -0.872 e. The molecule has 0 spiro atoms. The van der Waals surface area contributed by atoms with Gasteiger partial charge >= 0.3 is 0 Å². The molecule has 1 aromatic carbocycles. The number of para-hydroxylation sites is 1. The molecule has 0 aliphatic heterocycles. The minimum atomic E-state index is 0.0718. The van der Waals surface area contributed by atoms with E-state index < -0.39 is 0 Å². The maximum absolute atomic E-state index is 10.3. The van der Waals surface area contributed by atoms with Crippen LogP contribution in [0.5, 0.6) is 5.75 Å². The molecule has 2 rings (SSSR count). The number of benzene rings is 1. The van der Waals surface area contributed by atoms with Crippen LogP contribution in [-0.2, 0) is 0 Å². The van der Waals surface area contributed by atoms with E-state index in [1.165, 1.54) is 12.1 Å². The van der Waals surface area contributed by atoms with Gasteiger partial charge in [0, 0.05) is 0 Å². The second kappa shape index (κ2) is 4.90. The second-order valence-corrected chi connectivity index (χ2v) is 1.97. The van der Waals surface area contributed by atoms with Crippen LogP contribution < -0.4 is 5.11 Å². The highest BCUT2D eigenvalue weighted by Gasteiger charge is 1.64. The summed E-state index contributed by atoms with van der Waals surface area (Å²) in [5.74, 6) is 0.0718. The first kappa shape index (κ1) is 8.26. The third kappa shape index (κ3) is 3.36. The van der Waals surface area contributed by atoms with E-state index >= 15 is 0 Å². The van der Waals surface area contributed by atoms with Crippen LogP contribution in [0.1, 0.15) is 0 Å². The standard InChI is InChI=1S/C6H6O.C2H3N3/c7-6-4-2-1-3-5-6;1-2-4-5-3-1/h1-5,7H;1-2H,(H,3,4,5)/p-1. The van der Waals surface area contributed by atoms with Crippen LogP contribution >= 0.6 is 0 Å². The van der Waals surface area contributed by atoms with Crippen LogP contribution in [0.15, 0.2) is 42.7 Å². The van der Waals surface area contributed by atoms with Crippen molar-refractivity contribution in [3.05, 3.63) is 42.7 Å². The molecule has 0 atom stereocenters. The van der Waals surface area contributed by atoms with Gasteiger partial charge in [-0.3, -0.25) is 0 Å². The van der Waals surface area contributed by atoms with Crippen molar-refractivity contribution >= 4 is 0 Å². The Morgan fingerprint density at radius 3 is 1.83 bits per heavy atom. The van der Waals surface area contributed by atoms with Crippen molar-refractivity contribution in [3.63, 3.8) is 0 Å². The predicted molar refractivity (Wildman–Crippen MR) is 42.3 cm³/mol. The highest BCUT2D eigenvalue weighted by atomic mass is 16.3. The van der Waals surface area contributed by atoms with E-state index in [0.717, 1.165) is 0 Å². The number of nitrogens with zero attached hydrogens (tertiary/aromatic N) is 2. The van der Waals surface area contributed by atoms with Crippen molar-refractivity contribution in [2.75, 3.05) is 0 Å². The molecule has 0 fully saturated rings. The summed E-state index contributed by atoms with van der Waals surface area (Å²) >= 11 is 0. The molecule has 4 nitrogen and oxygen atoms in total. The Morgan fingerprint density at radius 1 is 1.00 bits per heavy atom. The largest absolute Gasteiger partial charge is 0.872 e. The smallest absolute Gasteiger partial charge is 0.0690 e. The SMILES string of the molecule is [O-]c1ccccc1.c1cn[nH]n1. The maximum Gasteiger partial charge on any atom is 0.0690 e. The van der Waals surface area contributed by atoms with Gasteiger partial charge in [0.25, 0.3) is 0 Å². The van der Waals surface area contributed by atoms with Gasteiger partial charge in [0.15, 0.2) is 0 Å². The fourth-order valence-electron chi connectivity index (χ4n) is 0.587. The number of aromatic nitrogens is 3. The topological polar surface area (TPSA) is 64.6 Å². The molecule has 0 aliphatic rings. The zero-order valence-corrected chi connectivity index (χ0v) is 6.34. The van der Waals surface area contributed by atoms with Gasteiger partial charge in [0.05, 0.1) is 12.4 Å². The van der Waals surface area contributed by atoms with Crippen LogP contribution in [0.4, 0.5) is 0 Å². The molecule has 2 aromatic rings. The Labute approximate surface area is 69.9 Å². The van der Waals surface area contributed by atoms with Gasteiger partial charge in [0.1, 0.15) is 0 Å². The summed E-state index contributed by atoms with van der Waals surface area (Å²) in [5, 5.41) is 19.6. The van der Waals surface area contributed by atoms with E-state index in [-0.39, 0.29) is 5.75 Å². The zero-order valence-electron chi connectivity index (χ0n) is 6.34. The second-order valence-electron chi connectivity index (χ2n) is 1.97. The van der Waals surface area contributed by atoms with Gasteiger partial charge in [-0.2, -0.15) is 15.4 Å². The van der Waals surface area contributed by atoms with Crippen molar-refractivity contribution in [2.24, 2.45) is 0 Å². The molecular formula is C8H8N3O-. The van der Waals surface area contributed by atoms with Crippen molar-refractivity contribution in [1.29, 1.82) is 0 Å². The highest BCUT2D eigenvalue weighted by molar-refractivity contribution is 5.17. The molecule has 0 saturated carbocycles. The molecule has 0 saturated heterocycles. The number of aromatic amines is 1. The van der Waals surface area contributed by atoms with E-state index in [2.05, 4.69) is 15.4 Å². The average Bonchev–Trinajstić information content (AvgIpc) is 2.62. The summed E-state index contributed by atoms with van der Waals surface area (Å²) in [6, 6.07) is 8.33. The van der Waals surface area contributed by atoms with Crippen molar-refractivity contribution in [3.8, 4) is 5.75 Å². The van der Waals surface area contributed by atoms with Gasteiger partial charge in [0.2, 0.25) is 0 Å². The van der Waals surface area contributed by atoms with Gasteiger partial charge < -0.3 is 5.11 Å². The summed E-state index contributed by atoms with van der Waals surface area (Å²) in [6.07, 6.45) is 3.17. The van der Waals surface area contributed by atoms with E-state index in [4.69, 9.17) is 0 Å². The number of hydrogen-bond donors (Lipinski definition) is 1. The van der Waals surface area contributed by atoms with Crippen molar-refractivity contribution < 1.29 is 5.11 Å². The molecule has 0 amide bonds. The first-order chi connectivity index (χ1) is 5.89. The summed E-state index contributed by atoms with van der Waals surface area (Å²) in [4.78, 5) is 0. The molecular weight excluding hydrogens is 154 g/mol. The van der Waals surface area contributed by atoms with Crippen molar-refractivity contribution in [1.82, 2.24) is 15.4 Å². The van der Waals surface area contributed by atoms with Crippen LogP contribution in [-0.4, -0.2) is 15.4 Å². The van der Waals surface area contributed by atoms with E-state index in [1.54, 1.807) is 24.5 Å². The van der Waals surface area contributed by atoms with Crippen LogP contribution in [0.25, 0.3) is 0 Å². The first-order valence-corrected chi connectivity index (χ1v) is 3.41. The summed E-state index contributed by atoms with van der Waals surface area (Å²) in [5.41, 5.74) is 0. The molecule has 12 heavy (non-hydrogen) atoms. The van der Waals surface area contributed by atoms with Gasteiger partial charge in [-0.1, -0.05) is 30.3 Å². The Kier molecular flexibility index (Phi) is 3.37. The van der Waals surface area contributed by atoms with Crippen molar-refractivity contribution in [2.45, 2.75) is 0 Å². The molecule has 0 unspecified atom stereocenters. The van der Waals surface area contributed by atoms with E-state index in [1.807, 2.05) is 6.07 Å². The maximum atomic E-state index is 10.3.